The second-order valence-corrected chi connectivity index (χ2v) is 6.80. The number of aromatic nitrogens is 2. The van der Waals surface area contributed by atoms with Gasteiger partial charge in [-0.2, -0.15) is 5.10 Å². The number of rotatable bonds is 4. The monoisotopic (exact) mass is 321 g/mol. The molecule has 0 radical (unpaired) electrons. The molecular formula is C20H23N3O. The first-order valence-electron chi connectivity index (χ1n) is 8.84. The van der Waals surface area contributed by atoms with Crippen LogP contribution in [-0.4, -0.2) is 16.1 Å². The predicted octanol–water partition coefficient (Wildman–Crippen LogP) is 3.40. The Morgan fingerprint density at radius 2 is 2.00 bits per heavy atom. The standard InChI is InChI=1S/C20H23N3O/c1-13-18(14-8-4-2-5-9-14)19(13)20(24)21-12-17-15-10-6-3-7-11-16(15)22-23-17/h2,4-5,8-9,19H,3,6-7,10-12H2,1H3,(H,21,24)(H,22,23). The number of nitrogens with one attached hydrogen (secondary N) is 2. The van der Waals surface area contributed by atoms with E-state index in [-0.39, 0.29) is 11.8 Å². The molecule has 2 aliphatic rings. The summed E-state index contributed by atoms with van der Waals surface area (Å²) in [5, 5.41) is 10.7. The number of fused-ring (bicyclic) bond motifs is 1. The van der Waals surface area contributed by atoms with Crippen molar-refractivity contribution in [3.8, 4) is 0 Å². The highest BCUT2D eigenvalue weighted by atomic mass is 16.2. The molecule has 1 heterocycles. The zero-order chi connectivity index (χ0) is 16.5. The molecule has 0 spiro atoms. The van der Waals surface area contributed by atoms with Crippen LogP contribution in [0.4, 0.5) is 0 Å². The topological polar surface area (TPSA) is 57.8 Å². The van der Waals surface area contributed by atoms with Crippen molar-refractivity contribution >= 4 is 11.5 Å². The van der Waals surface area contributed by atoms with Crippen LogP contribution >= 0.6 is 0 Å². The fraction of sp³-hybridized carbons (Fsp3) is 0.400. The number of amides is 1. The van der Waals surface area contributed by atoms with Gasteiger partial charge in [0.05, 0.1) is 18.2 Å². The maximum Gasteiger partial charge on any atom is 0.232 e. The molecule has 2 aliphatic carbocycles. The van der Waals surface area contributed by atoms with Crippen molar-refractivity contribution in [2.24, 2.45) is 5.92 Å². The first-order chi connectivity index (χ1) is 11.8. The number of hydrogen-bond acceptors (Lipinski definition) is 2. The number of carbonyl (C=O) groups is 1. The van der Waals surface area contributed by atoms with E-state index in [0.29, 0.717) is 6.54 Å². The molecule has 1 atom stereocenters. The molecule has 0 saturated heterocycles. The lowest BCUT2D eigenvalue weighted by atomic mass is 10.1. The SMILES string of the molecule is CC1=C(c2ccccc2)C1C(=O)NCc1n[nH]c2c1CCCCC2. The first kappa shape index (κ1) is 15.2. The lowest BCUT2D eigenvalue weighted by Gasteiger charge is -2.06. The van der Waals surface area contributed by atoms with Crippen LogP contribution in [-0.2, 0) is 24.2 Å². The average Bonchev–Trinajstić information content (AvgIpc) is 3.23. The Labute approximate surface area is 142 Å². The van der Waals surface area contributed by atoms with Gasteiger partial charge < -0.3 is 5.32 Å². The molecule has 2 N–H and O–H groups in total. The molecule has 2 aromatic rings. The second kappa shape index (κ2) is 6.27. The average molecular weight is 321 g/mol. The van der Waals surface area contributed by atoms with Crippen molar-refractivity contribution in [2.75, 3.05) is 0 Å². The van der Waals surface area contributed by atoms with Gasteiger partial charge in [-0.1, -0.05) is 42.3 Å². The van der Waals surface area contributed by atoms with E-state index in [1.54, 1.807) is 0 Å². The van der Waals surface area contributed by atoms with Crippen LogP contribution in [0.5, 0.6) is 0 Å². The normalized spacial score (nSPS) is 19.6. The van der Waals surface area contributed by atoms with Crippen molar-refractivity contribution in [1.29, 1.82) is 0 Å². The van der Waals surface area contributed by atoms with Crippen LogP contribution < -0.4 is 5.32 Å². The Morgan fingerprint density at radius 1 is 1.21 bits per heavy atom. The fourth-order valence-electron chi connectivity index (χ4n) is 3.82. The van der Waals surface area contributed by atoms with Gasteiger partial charge in [0, 0.05) is 5.69 Å². The number of H-pyrrole nitrogens is 1. The maximum absolute atomic E-state index is 12.5. The minimum atomic E-state index is -0.0649. The Hall–Kier alpha value is -2.36. The third kappa shape index (κ3) is 2.77. The number of aryl methyl sites for hydroxylation is 1. The van der Waals surface area contributed by atoms with Gasteiger partial charge in [0.25, 0.3) is 0 Å². The Bertz CT molecular complexity index is 788. The molecule has 1 amide bonds. The van der Waals surface area contributed by atoms with E-state index in [9.17, 15) is 4.79 Å². The molecular weight excluding hydrogens is 298 g/mol. The van der Waals surface area contributed by atoms with Crippen LogP contribution in [0.2, 0.25) is 0 Å². The van der Waals surface area contributed by atoms with Gasteiger partial charge in [0.15, 0.2) is 0 Å². The third-order valence-electron chi connectivity index (χ3n) is 5.23. The summed E-state index contributed by atoms with van der Waals surface area (Å²) in [6.45, 7) is 2.57. The highest BCUT2D eigenvalue weighted by Gasteiger charge is 2.39. The maximum atomic E-state index is 12.5. The summed E-state index contributed by atoms with van der Waals surface area (Å²) in [7, 11) is 0. The predicted molar refractivity (Wildman–Crippen MR) is 94.2 cm³/mol. The summed E-state index contributed by atoms with van der Waals surface area (Å²) >= 11 is 0. The van der Waals surface area contributed by atoms with E-state index in [4.69, 9.17) is 0 Å². The second-order valence-electron chi connectivity index (χ2n) is 6.80. The van der Waals surface area contributed by atoms with Gasteiger partial charge in [-0.15, -0.1) is 0 Å². The lowest BCUT2D eigenvalue weighted by Crippen LogP contribution is -2.26. The summed E-state index contributed by atoms with van der Waals surface area (Å²) in [6, 6.07) is 10.2. The van der Waals surface area contributed by atoms with Crippen LogP contribution in [0, 0.1) is 5.92 Å². The molecule has 1 aromatic carbocycles. The summed E-state index contributed by atoms with van der Waals surface area (Å²) in [6.07, 6.45) is 5.88. The third-order valence-corrected chi connectivity index (χ3v) is 5.23. The van der Waals surface area contributed by atoms with E-state index in [2.05, 4.69) is 27.6 Å². The highest BCUT2D eigenvalue weighted by molar-refractivity contribution is 6.05. The molecule has 4 heteroatoms. The largest absolute Gasteiger partial charge is 0.350 e. The molecule has 0 aliphatic heterocycles. The number of carbonyl (C=O) groups excluding carboxylic acids is 1. The van der Waals surface area contributed by atoms with Gasteiger partial charge in [-0.25, -0.2) is 0 Å². The van der Waals surface area contributed by atoms with Crippen LogP contribution in [0.1, 0.15) is 48.7 Å². The molecule has 1 aromatic heterocycles. The smallest absolute Gasteiger partial charge is 0.232 e. The minimum Gasteiger partial charge on any atom is -0.350 e. The van der Waals surface area contributed by atoms with Gasteiger partial charge in [0.2, 0.25) is 5.91 Å². The number of benzene rings is 1. The van der Waals surface area contributed by atoms with Crippen molar-refractivity contribution in [1.82, 2.24) is 15.5 Å². The quantitative estimate of drug-likeness (QED) is 0.848. The zero-order valence-corrected chi connectivity index (χ0v) is 14.1. The Morgan fingerprint density at radius 3 is 2.83 bits per heavy atom. The molecule has 0 fully saturated rings. The summed E-state index contributed by atoms with van der Waals surface area (Å²) in [4.78, 5) is 12.5. The molecule has 4 nitrogen and oxygen atoms in total. The Balaban J connectivity index is 1.39. The summed E-state index contributed by atoms with van der Waals surface area (Å²) in [5.74, 6) is 0.0293. The number of nitrogens with zero attached hydrogens (tertiary/aromatic N) is 1. The van der Waals surface area contributed by atoms with Gasteiger partial charge in [0.1, 0.15) is 0 Å². The van der Waals surface area contributed by atoms with Crippen molar-refractivity contribution in [2.45, 2.75) is 45.6 Å². The molecule has 0 bridgehead atoms. The van der Waals surface area contributed by atoms with Crippen LogP contribution in [0.3, 0.4) is 0 Å². The van der Waals surface area contributed by atoms with Crippen molar-refractivity contribution in [3.05, 3.63) is 58.4 Å². The Kier molecular flexibility index (Phi) is 3.97. The number of hydrogen-bond donors (Lipinski definition) is 2. The van der Waals surface area contributed by atoms with E-state index in [1.807, 2.05) is 25.1 Å². The summed E-state index contributed by atoms with van der Waals surface area (Å²) < 4.78 is 0. The fourth-order valence-corrected chi connectivity index (χ4v) is 3.82. The number of aromatic amines is 1. The highest BCUT2D eigenvalue weighted by Crippen LogP contribution is 2.46. The lowest BCUT2D eigenvalue weighted by molar-refractivity contribution is -0.121. The van der Waals surface area contributed by atoms with E-state index in [0.717, 1.165) is 24.1 Å². The van der Waals surface area contributed by atoms with Gasteiger partial charge >= 0.3 is 0 Å². The van der Waals surface area contributed by atoms with Gasteiger partial charge in [-0.3, -0.25) is 9.89 Å². The molecule has 1 unspecified atom stereocenters. The van der Waals surface area contributed by atoms with Crippen molar-refractivity contribution in [3.63, 3.8) is 0 Å². The van der Waals surface area contributed by atoms with Crippen LogP contribution in [0.25, 0.3) is 5.57 Å². The van der Waals surface area contributed by atoms with E-state index < -0.39 is 0 Å². The zero-order valence-electron chi connectivity index (χ0n) is 14.1. The van der Waals surface area contributed by atoms with Gasteiger partial charge in [-0.05, 0) is 49.3 Å². The first-order valence-corrected chi connectivity index (χ1v) is 8.84. The van der Waals surface area contributed by atoms with Crippen LogP contribution in [0.15, 0.2) is 35.9 Å². The molecule has 0 saturated carbocycles. The van der Waals surface area contributed by atoms with E-state index >= 15 is 0 Å². The van der Waals surface area contributed by atoms with E-state index in [1.165, 1.54) is 41.7 Å². The van der Waals surface area contributed by atoms with Crippen molar-refractivity contribution < 1.29 is 4.79 Å². The minimum absolute atomic E-state index is 0.0649. The molecule has 4 rings (SSSR count). The summed E-state index contributed by atoms with van der Waals surface area (Å²) in [5.41, 5.74) is 7.12. The molecule has 124 valence electrons. The molecule has 24 heavy (non-hydrogen) atoms.